The fourth-order valence-electron chi connectivity index (χ4n) is 1.75. The summed E-state index contributed by atoms with van der Waals surface area (Å²) in [7, 11) is 1.65. The molecule has 2 rings (SSSR count). The molecule has 0 saturated heterocycles. The van der Waals surface area contributed by atoms with Crippen LogP contribution in [0.5, 0.6) is 0 Å². The number of nitrogen functional groups attached to an aromatic ring is 1. The van der Waals surface area contributed by atoms with E-state index in [2.05, 4.69) is 4.98 Å². The molecule has 98 valence electrons. The van der Waals surface area contributed by atoms with Gasteiger partial charge in [0.25, 0.3) is 0 Å². The number of fused-ring (bicyclic) bond motifs is 1. The number of imidazole rings is 1. The average Bonchev–Trinajstić information content (AvgIpc) is 2.65. The predicted octanol–water partition coefficient (Wildman–Crippen LogP) is 1.93. The molecule has 0 amide bonds. The summed E-state index contributed by atoms with van der Waals surface area (Å²) >= 11 is 5.97. The lowest BCUT2D eigenvalue weighted by atomic mass is 10.3. The van der Waals surface area contributed by atoms with E-state index in [1.807, 2.05) is 16.7 Å². The first-order valence-corrected chi connectivity index (χ1v) is 6.08. The lowest BCUT2D eigenvalue weighted by Gasteiger charge is -2.07. The number of hydrogen-bond acceptors (Lipinski definition) is 4. The number of hydrogen-bond donors (Lipinski definition) is 1. The van der Waals surface area contributed by atoms with Crippen molar-refractivity contribution in [3.63, 3.8) is 0 Å². The Morgan fingerprint density at radius 2 is 2.17 bits per heavy atom. The highest BCUT2D eigenvalue weighted by Crippen LogP contribution is 2.21. The van der Waals surface area contributed by atoms with Gasteiger partial charge in [-0.25, -0.2) is 4.98 Å². The van der Waals surface area contributed by atoms with Crippen LogP contribution >= 0.6 is 11.6 Å². The van der Waals surface area contributed by atoms with Crippen molar-refractivity contribution >= 4 is 28.6 Å². The molecular formula is C12H16ClN3O2. The molecule has 0 aliphatic carbocycles. The van der Waals surface area contributed by atoms with Gasteiger partial charge in [0, 0.05) is 18.7 Å². The average molecular weight is 270 g/mol. The lowest BCUT2D eigenvalue weighted by Crippen LogP contribution is -2.11. The molecule has 18 heavy (non-hydrogen) atoms. The van der Waals surface area contributed by atoms with Crippen molar-refractivity contribution < 1.29 is 9.47 Å². The van der Waals surface area contributed by atoms with E-state index < -0.39 is 0 Å². The maximum atomic E-state index is 5.97. The van der Waals surface area contributed by atoms with Crippen LogP contribution in [0.25, 0.3) is 11.0 Å². The summed E-state index contributed by atoms with van der Waals surface area (Å²) in [5.74, 6) is 0.475. The Bertz CT molecular complexity index is 527. The van der Waals surface area contributed by atoms with E-state index in [4.69, 9.17) is 26.8 Å². The fourth-order valence-corrected chi connectivity index (χ4v) is 1.92. The van der Waals surface area contributed by atoms with E-state index in [0.717, 1.165) is 11.0 Å². The summed E-state index contributed by atoms with van der Waals surface area (Å²) < 4.78 is 12.2. The third-order valence-corrected chi connectivity index (χ3v) is 2.87. The van der Waals surface area contributed by atoms with Crippen molar-refractivity contribution in [2.24, 2.45) is 0 Å². The van der Waals surface area contributed by atoms with Gasteiger partial charge in [0.1, 0.15) is 0 Å². The highest BCUT2D eigenvalue weighted by Gasteiger charge is 2.08. The van der Waals surface area contributed by atoms with Crippen molar-refractivity contribution in [1.82, 2.24) is 9.55 Å². The van der Waals surface area contributed by atoms with E-state index in [1.54, 1.807) is 13.2 Å². The number of nitrogens with zero attached hydrogens (tertiary/aromatic N) is 2. The third kappa shape index (κ3) is 2.93. The van der Waals surface area contributed by atoms with Crippen LogP contribution < -0.4 is 5.73 Å². The number of rotatable bonds is 6. The Kier molecular flexibility index (Phi) is 4.41. The van der Waals surface area contributed by atoms with Crippen LogP contribution in [0.3, 0.4) is 0 Å². The number of ether oxygens (including phenoxy) is 2. The van der Waals surface area contributed by atoms with Gasteiger partial charge >= 0.3 is 0 Å². The molecule has 2 N–H and O–H groups in total. The zero-order chi connectivity index (χ0) is 13.0. The summed E-state index contributed by atoms with van der Waals surface area (Å²) in [4.78, 5) is 4.27. The van der Waals surface area contributed by atoms with E-state index in [9.17, 15) is 0 Å². The molecule has 0 aliphatic heterocycles. The zero-order valence-electron chi connectivity index (χ0n) is 10.2. The van der Waals surface area contributed by atoms with Gasteiger partial charge in [0.15, 0.2) is 0 Å². The quantitative estimate of drug-likeness (QED) is 0.814. The Labute approximate surface area is 110 Å². The molecule has 0 saturated carbocycles. The molecule has 5 nitrogen and oxygen atoms in total. The van der Waals surface area contributed by atoms with E-state index in [1.165, 1.54) is 0 Å². The number of halogens is 1. The van der Waals surface area contributed by atoms with Gasteiger partial charge in [-0.15, -0.1) is 0 Å². The van der Waals surface area contributed by atoms with Crippen molar-refractivity contribution in [1.29, 1.82) is 0 Å². The molecule has 6 heteroatoms. The molecule has 1 heterocycles. The molecule has 0 atom stereocenters. The van der Waals surface area contributed by atoms with Crippen LogP contribution in [-0.2, 0) is 16.0 Å². The Hall–Kier alpha value is -1.30. The van der Waals surface area contributed by atoms with Gasteiger partial charge < -0.3 is 19.8 Å². The van der Waals surface area contributed by atoms with Crippen LogP contribution in [0, 0.1) is 0 Å². The second kappa shape index (κ2) is 6.04. The number of methoxy groups -OCH3 is 1. The minimum Gasteiger partial charge on any atom is -0.382 e. The largest absolute Gasteiger partial charge is 0.382 e. The molecule has 2 aromatic rings. The first kappa shape index (κ1) is 13.1. The molecule has 0 bridgehead atoms. The maximum absolute atomic E-state index is 5.97. The minimum atomic E-state index is 0.475. The predicted molar refractivity (Wildman–Crippen MR) is 71.9 cm³/mol. The zero-order valence-corrected chi connectivity index (χ0v) is 11.0. The maximum Gasteiger partial charge on any atom is 0.201 e. The summed E-state index contributed by atoms with van der Waals surface area (Å²) in [5.41, 5.74) is 7.64. The molecular weight excluding hydrogens is 254 g/mol. The smallest absolute Gasteiger partial charge is 0.201 e. The molecule has 1 aromatic heterocycles. The van der Waals surface area contributed by atoms with Crippen LogP contribution in [0.15, 0.2) is 18.2 Å². The van der Waals surface area contributed by atoms with Gasteiger partial charge in [-0.3, -0.25) is 0 Å². The van der Waals surface area contributed by atoms with Crippen molar-refractivity contribution in [2.45, 2.75) is 6.54 Å². The Balaban J connectivity index is 2.07. The third-order valence-electron chi connectivity index (χ3n) is 2.63. The molecule has 1 aromatic carbocycles. The van der Waals surface area contributed by atoms with Crippen molar-refractivity contribution in [2.75, 3.05) is 32.7 Å². The topological polar surface area (TPSA) is 62.3 Å². The van der Waals surface area contributed by atoms with Gasteiger partial charge in [-0.1, -0.05) is 11.6 Å². The normalized spacial score (nSPS) is 11.2. The second-order valence-corrected chi connectivity index (χ2v) is 4.30. The van der Waals surface area contributed by atoms with Crippen LogP contribution in [-0.4, -0.2) is 36.5 Å². The molecule has 0 spiro atoms. The van der Waals surface area contributed by atoms with Crippen LogP contribution in [0.1, 0.15) is 0 Å². The van der Waals surface area contributed by atoms with Crippen molar-refractivity contribution in [3.8, 4) is 0 Å². The summed E-state index contributed by atoms with van der Waals surface area (Å²) in [6.07, 6.45) is 0. The van der Waals surface area contributed by atoms with Gasteiger partial charge in [-0.2, -0.15) is 0 Å². The monoisotopic (exact) mass is 269 g/mol. The first-order valence-electron chi connectivity index (χ1n) is 5.70. The van der Waals surface area contributed by atoms with Gasteiger partial charge in [0.05, 0.1) is 30.9 Å². The highest BCUT2D eigenvalue weighted by atomic mass is 35.5. The molecule has 0 radical (unpaired) electrons. The summed E-state index contributed by atoms with van der Waals surface area (Å²) in [6, 6.07) is 5.52. The highest BCUT2D eigenvalue weighted by molar-refractivity contribution is 6.31. The number of benzene rings is 1. The van der Waals surface area contributed by atoms with Crippen molar-refractivity contribution in [3.05, 3.63) is 23.2 Å². The summed E-state index contributed by atoms with van der Waals surface area (Å²) in [5, 5.41) is 0.670. The number of nitrogens with two attached hydrogens (primary N) is 1. The molecule has 0 aliphatic rings. The minimum absolute atomic E-state index is 0.475. The number of aromatic nitrogens is 2. The van der Waals surface area contributed by atoms with Crippen LogP contribution in [0.4, 0.5) is 5.95 Å². The van der Waals surface area contributed by atoms with Gasteiger partial charge in [-0.05, 0) is 18.2 Å². The standard InChI is InChI=1S/C12H16ClN3O2/c1-17-6-7-18-5-4-16-11-8-9(13)2-3-10(11)15-12(16)14/h2-3,8H,4-7H2,1H3,(H2,14,15). The Morgan fingerprint density at radius 1 is 1.33 bits per heavy atom. The second-order valence-electron chi connectivity index (χ2n) is 3.86. The Morgan fingerprint density at radius 3 is 2.94 bits per heavy atom. The fraction of sp³-hybridized carbons (Fsp3) is 0.417. The van der Waals surface area contributed by atoms with Gasteiger partial charge in [0.2, 0.25) is 5.95 Å². The van der Waals surface area contributed by atoms with E-state index in [0.29, 0.717) is 37.3 Å². The van der Waals surface area contributed by atoms with Crippen LogP contribution in [0.2, 0.25) is 5.02 Å². The first-order chi connectivity index (χ1) is 8.72. The van der Waals surface area contributed by atoms with E-state index >= 15 is 0 Å². The van der Waals surface area contributed by atoms with E-state index in [-0.39, 0.29) is 0 Å². The SMILES string of the molecule is COCCOCCn1c(N)nc2ccc(Cl)cc21. The summed E-state index contributed by atoms with van der Waals surface area (Å²) in [6.45, 7) is 2.37. The molecule has 0 unspecified atom stereocenters. The lowest BCUT2D eigenvalue weighted by molar-refractivity contribution is 0.0671. The number of anilines is 1. The molecule has 0 fully saturated rings.